The third kappa shape index (κ3) is 2.08. The van der Waals surface area contributed by atoms with Crippen LogP contribution in [0.15, 0.2) is 24.8 Å². The topological polar surface area (TPSA) is 46.5 Å². The number of carbonyl (C=O) groups is 1. The van der Waals surface area contributed by atoms with Gasteiger partial charge in [0.2, 0.25) is 0 Å². The first-order valence-corrected chi connectivity index (χ1v) is 3.72. The fraction of sp³-hybridized carbons (Fsp3) is 0.100. The summed E-state index contributed by atoms with van der Waals surface area (Å²) in [6.45, 7) is 3.56. The average Bonchev–Trinajstić information content (AvgIpc) is 2.16. The van der Waals surface area contributed by atoms with Gasteiger partial charge < -0.3 is 9.84 Å². The number of carboxylic acids is 1. The van der Waals surface area contributed by atoms with Gasteiger partial charge in [0.1, 0.15) is 5.75 Å². The van der Waals surface area contributed by atoms with E-state index in [1.807, 2.05) is 0 Å². The van der Waals surface area contributed by atoms with Crippen LogP contribution in [-0.2, 0) is 0 Å². The molecule has 0 radical (unpaired) electrons. The Labute approximate surface area is 76.3 Å². The highest BCUT2D eigenvalue weighted by atomic mass is 16.5. The maximum atomic E-state index is 10.6. The molecule has 0 aromatic heterocycles. The Kier molecular flexibility index (Phi) is 2.69. The Morgan fingerprint density at radius 3 is 2.69 bits per heavy atom. The van der Waals surface area contributed by atoms with E-state index in [1.165, 1.54) is 19.2 Å². The summed E-state index contributed by atoms with van der Waals surface area (Å²) in [5.41, 5.74) is 0.936. The number of hydrogen-bond acceptors (Lipinski definition) is 2. The van der Waals surface area contributed by atoms with Gasteiger partial charge in [-0.25, -0.2) is 4.79 Å². The maximum absolute atomic E-state index is 10.6. The zero-order chi connectivity index (χ0) is 9.84. The second-order valence-electron chi connectivity index (χ2n) is 2.50. The minimum Gasteiger partial charge on any atom is -0.497 e. The SMILES string of the molecule is C=Cc1cc(OC)cc(C(=O)O)c1. The molecule has 0 bridgehead atoms. The van der Waals surface area contributed by atoms with Gasteiger partial charge in [-0.15, -0.1) is 0 Å². The molecular formula is C10H10O3. The van der Waals surface area contributed by atoms with E-state index >= 15 is 0 Å². The molecular weight excluding hydrogens is 168 g/mol. The van der Waals surface area contributed by atoms with Crippen LogP contribution in [0.1, 0.15) is 15.9 Å². The molecule has 0 unspecified atom stereocenters. The van der Waals surface area contributed by atoms with E-state index in [0.29, 0.717) is 5.75 Å². The third-order valence-corrected chi connectivity index (χ3v) is 1.65. The molecule has 1 N–H and O–H groups in total. The highest BCUT2D eigenvalue weighted by Gasteiger charge is 2.05. The van der Waals surface area contributed by atoms with Crippen molar-refractivity contribution < 1.29 is 14.6 Å². The number of ether oxygens (including phenoxy) is 1. The summed E-state index contributed by atoms with van der Waals surface area (Å²) in [4.78, 5) is 10.6. The second kappa shape index (κ2) is 3.76. The van der Waals surface area contributed by atoms with E-state index in [-0.39, 0.29) is 5.56 Å². The monoisotopic (exact) mass is 178 g/mol. The van der Waals surface area contributed by atoms with Crippen LogP contribution >= 0.6 is 0 Å². The average molecular weight is 178 g/mol. The summed E-state index contributed by atoms with van der Waals surface area (Å²) < 4.78 is 4.94. The number of rotatable bonds is 3. The molecule has 3 heteroatoms. The summed E-state index contributed by atoms with van der Waals surface area (Å²) in [6.07, 6.45) is 1.58. The van der Waals surface area contributed by atoms with Crippen LogP contribution in [0.4, 0.5) is 0 Å². The van der Waals surface area contributed by atoms with Crippen molar-refractivity contribution in [1.29, 1.82) is 0 Å². The first-order valence-electron chi connectivity index (χ1n) is 3.72. The van der Waals surface area contributed by atoms with Gasteiger partial charge in [0.15, 0.2) is 0 Å². The standard InChI is InChI=1S/C10H10O3/c1-3-7-4-8(10(11)12)6-9(5-7)13-2/h3-6H,1H2,2H3,(H,11,12). The highest BCUT2D eigenvalue weighted by Crippen LogP contribution is 2.17. The van der Waals surface area contributed by atoms with Crippen molar-refractivity contribution in [2.75, 3.05) is 7.11 Å². The molecule has 0 saturated heterocycles. The van der Waals surface area contributed by atoms with Gasteiger partial charge in [-0.2, -0.15) is 0 Å². The van der Waals surface area contributed by atoms with E-state index in [4.69, 9.17) is 9.84 Å². The fourth-order valence-corrected chi connectivity index (χ4v) is 0.981. The van der Waals surface area contributed by atoms with Crippen molar-refractivity contribution in [2.45, 2.75) is 0 Å². The van der Waals surface area contributed by atoms with Crippen LogP contribution in [0, 0.1) is 0 Å². The molecule has 1 aromatic rings. The highest BCUT2D eigenvalue weighted by molar-refractivity contribution is 5.89. The van der Waals surface area contributed by atoms with Gasteiger partial charge in [0, 0.05) is 0 Å². The molecule has 0 spiro atoms. The molecule has 13 heavy (non-hydrogen) atoms. The van der Waals surface area contributed by atoms with Gasteiger partial charge in [-0.3, -0.25) is 0 Å². The molecule has 68 valence electrons. The van der Waals surface area contributed by atoms with Crippen molar-refractivity contribution in [3.8, 4) is 5.75 Å². The van der Waals surface area contributed by atoms with Gasteiger partial charge in [-0.1, -0.05) is 12.7 Å². The van der Waals surface area contributed by atoms with Crippen LogP contribution in [0.2, 0.25) is 0 Å². The Balaban J connectivity index is 3.22. The minimum absolute atomic E-state index is 0.203. The lowest BCUT2D eigenvalue weighted by molar-refractivity contribution is 0.0696. The summed E-state index contributed by atoms with van der Waals surface area (Å²) in [7, 11) is 1.49. The van der Waals surface area contributed by atoms with Crippen molar-refractivity contribution in [3.05, 3.63) is 35.9 Å². The molecule has 0 amide bonds. The summed E-state index contributed by atoms with van der Waals surface area (Å²) in [5.74, 6) is -0.447. The summed E-state index contributed by atoms with van der Waals surface area (Å²) in [5, 5.41) is 8.73. The van der Waals surface area contributed by atoms with Gasteiger partial charge >= 0.3 is 5.97 Å². The lowest BCUT2D eigenvalue weighted by Gasteiger charge is -2.03. The van der Waals surface area contributed by atoms with Crippen LogP contribution in [-0.4, -0.2) is 18.2 Å². The largest absolute Gasteiger partial charge is 0.497 e. The van der Waals surface area contributed by atoms with Crippen molar-refractivity contribution >= 4 is 12.0 Å². The Hall–Kier alpha value is -1.77. The molecule has 3 nitrogen and oxygen atoms in total. The quantitative estimate of drug-likeness (QED) is 0.770. The maximum Gasteiger partial charge on any atom is 0.335 e. The lowest BCUT2D eigenvalue weighted by atomic mass is 10.1. The second-order valence-corrected chi connectivity index (χ2v) is 2.50. The molecule has 0 saturated carbocycles. The first kappa shape index (κ1) is 9.32. The van der Waals surface area contributed by atoms with E-state index in [2.05, 4.69) is 6.58 Å². The molecule has 0 aliphatic heterocycles. The molecule has 0 aliphatic carbocycles. The minimum atomic E-state index is -0.970. The molecule has 0 atom stereocenters. The van der Waals surface area contributed by atoms with Crippen LogP contribution in [0.25, 0.3) is 6.08 Å². The number of aromatic carboxylic acids is 1. The molecule has 1 rings (SSSR count). The van der Waals surface area contributed by atoms with Gasteiger partial charge in [0.05, 0.1) is 12.7 Å². The van der Waals surface area contributed by atoms with Gasteiger partial charge in [-0.05, 0) is 23.8 Å². The Morgan fingerprint density at radius 2 is 2.23 bits per heavy atom. The molecule has 1 aromatic carbocycles. The van der Waals surface area contributed by atoms with E-state index < -0.39 is 5.97 Å². The number of methoxy groups -OCH3 is 1. The van der Waals surface area contributed by atoms with E-state index in [1.54, 1.807) is 12.1 Å². The van der Waals surface area contributed by atoms with Crippen molar-refractivity contribution in [3.63, 3.8) is 0 Å². The number of benzene rings is 1. The van der Waals surface area contributed by atoms with Gasteiger partial charge in [0.25, 0.3) is 0 Å². The lowest BCUT2D eigenvalue weighted by Crippen LogP contribution is -1.97. The van der Waals surface area contributed by atoms with Crippen LogP contribution in [0.3, 0.4) is 0 Å². The van der Waals surface area contributed by atoms with Crippen LogP contribution < -0.4 is 4.74 Å². The third-order valence-electron chi connectivity index (χ3n) is 1.65. The number of carboxylic acid groups (broad SMARTS) is 1. The normalized spacial score (nSPS) is 9.31. The van der Waals surface area contributed by atoms with E-state index in [0.717, 1.165) is 5.56 Å². The van der Waals surface area contributed by atoms with Crippen LogP contribution in [0.5, 0.6) is 5.75 Å². The summed E-state index contributed by atoms with van der Waals surface area (Å²) in [6, 6.07) is 4.73. The van der Waals surface area contributed by atoms with E-state index in [9.17, 15) is 4.79 Å². The zero-order valence-corrected chi connectivity index (χ0v) is 7.28. The molecule has 0 fully saturated rings. The van der Waals surface area contributed by atoms with Crippen molar-refractivity contribution in [1.82, 2.24) is 0 Å². The summed E-state index contributed by atoms with van der Waals surface area (Å²) >= 11 is 0. The molecule has 0 heterocycles. The predicted molar refractivity (Wildman–Crippen MR) is 50.0 cm³/mol. The Morgan fingerprint density at radius 1 is 1.54 bits per heavy atom. The fourth-order valence-electron chi connectivity index (χ4n) is 0.981. The molecule has 0 aliphatic rings. The zero-order valence-electron chi connectivity index (χ0n) is 7.28. The number of hydrogen-bond donors (Lipinski definition) is 1. The smallest absolute Gasteiger partial charge is 0.335 e. The first-order chi connectivity index (χ1) is 6.17. The predicted octanol–water partition coefficient (Wildman–Crippen LogP) is 2.04. The van der Waals surface area contributed by atoms with Crippen molar-refractivity contribution in [2.24, 2.45) is 0 Å². The Bertz CT molecular complexity index is 342.